The molecule has 0 radical (unpaired) electrons. The minimum Gasteiger partial charge on any atom is -0.325 e. The van der Waals surface area contributed by atoms with Gasteiger partial charge in [0.2, 0.25) is 0 Å². The molecule has 0 spiro atoms. The second-order valence-electron chi connectivity index (χ2n) is 5.09. The minimum absolute atomic E-state index is 0.0502. The van der Waals surface area contributed by atoms with Crippen LogP contribution in [0.15, 0.2) is 41.7 Å². The number of carbonyl (C=O) groups excluding carboxylic acids is 1. The summed E-state index contributed by atoms with van der Waals surface area (Å²) in [7, 11) is 0. The number of hydrogen-bond acceptors (Lipinski definition) is 4. The molecule has 0 unspecified atom stereocenters. The van der Waals surface area contributed by atoms with E-state index in [4.69, 9.17) is 5.73 Å². The highest BCUT2D eigenvalue weighted by atomic mass is 16.1. The van der Waals surface area contributed by atoms with Crippen molar-refractivity contribution in [2.24, 2.45) is 10.7 Å². The Balaban J connectivity index is 2.10. The van der Waals surface area contributed by atoms with E-state index in [1.54, 1.807) is 0 Å². The van der Waals surface area contributed by atoms with Crippen molar-refractivity contribution in [1.82, 2.24) is 4.98 Å². The van der Waals surface area contributed by atoms with Gasteiger partial charge in [-0.05, 0) is 29.7 Å². The molecule has 106 valence electrons. The Labute approximate surface area is 123 Å². The van der Waals surface area contributed by atoms with E-state index in [9.17, 15) is 4.79 Å². The molecule has 0 atom stereocenters. The molecule has 0 bridgehead atoms. The smallest absolute Gasteiger partial charge is 0.184 e. The lowest BCUT2D eigenvalue weighted by Crippen LogP contribution is -2.24. The summed E-state index contributed by atoms with van der Waals surface area (Å²) < 4.78 is 0. The maximum Gasteiger partial charge on any atom is 0.184 e. The van der Waals surface area contributed by atoms with E-state index in [2.05, 4.69) is 23.0 Å². The molecular weight excluding hydrogens is 262 g/mol. The molecule has 4 nitrogen and oxygen atoms in total. The van der Waals surface area contributed by atoms with E-state index < -0.39 is 0 Å². The van der Waals surface area contributed by atoms with E-state index >= 15 is 0 Å². The van der Waals surface area contributed by atoms with Gasteiger partial charge in [0.1, 0.15) is 6.54 Å². The Morgan fingerprint density at radius 2 is 2.00 bits per heavy atom. The SMILES string of the molecule is CCc1cncc(-c2ccc3c(c2)C(CN)=NCC3=O)c1. The first-order valence-electron chi connectivity index (χ1n) is 7.08. The van der Waals surface area contributed by atoms with Crippen LogP contribution in [0.25, 0.3) is 11.1 Å². The third-order valence-electron chi connectivity index (χ3n) is 3.77. The van der Waals surface area contributed by atoms with Crippen LogP contribution in [-0.2, 0) is 6.42 Å². The van der Waals surface area contributed by atoms with Crippen LogP contribution in [0.1, 0.15) is 28.4 Å². The molecule has 1 aliphatic rings. The van der Waals surface area contributed by atoms with Crippen molar-refractivity contribution >= 4 is 11.5 Å². The van der Waals surface area contributed by atoms with E-state index in [0.29, 0.717) is 12.1 Å². The number of Topliss-reactive ketones (excluding diaryl/α,β-unsaturated/α-hetero) is 1. The predicted octanol–water partition coefficient (Wildman–Crippen LogP) is 2.26. The Morgan fingerprint density at radius 3 is 2.76 bits per heavy atom. The van der Waals surface area contributed by atoms with E-state index in [1.165, 1.54) is 5.56 Å². The number of carbonyl (C=O) groups is 1. The normalized spacial score (nSPS) is 13.8. The van der Waals surface area contributed by atoms with Gasteiger partial charge in [0.25, 0.3) is 0 Å². The first kappa shape index (κ1) is 13.6. The van der Waals surface area contributed by atoms with Gasteiger partial charge in [-0.15, -0.1) is 0 Å². The fraction of sp³-hybridized carbons (Fsp3) is 0.235. The highest BCUT2D eigenvalue weighted by molar-refractivity contribution is 6.16. The summed E-state index contributed by atoms with van der Waals surface area (Å²) in [5, 5.41) is 0. The maximum atomic E-state index is 11.9. The van der Waals surface area contributed by atoms with E-state index in [-0.39, 0.29) is 12.3 Å². The van der Waals surface area contributed by atoms with Gasteiger partial charge in [-0.1, -0.05) is 19.1 Å². The first-order valence-corrected chi connectivity index (χ1v) is 7.08. The Kier molecular flexibility index (Phi) is 3.62. The third-order valence-corrected chi connectivity index (χ3v) is 3.77. The van der Waals surface area contributed by atoms with Crippen LogP contribution in [0, 0.1) is 0 Å². The largest absolute Gasteiger partial charge is 0.325 e. The zero-order chi connectivity index (χ0) is 14.8. The Hall–Kier alpha value is -2.33. The summed E-state index contributed by atoms with van der Waals surface area (Å²) in [6.07, 6.45) is 4.66. The number of nitrogens with zero attached hydrogens (tertiary/aromatic N) is 2. The average molecular weight is 279 g/mol. The van der Waals surface area contributed by atoms with Crippen molar-refractivity contribution in [3.05, 3.63) is 53.3 Å². The monoisotopic (exact) mass is 279 g/mol. The van der Waals surface area contributed by atoms with Gasteiger partial charge in [0, 0.05) is 35.6 Å². The average Bonchev–Trinajstić information content (AvgIpc) is 2.55. The van der Waals surface area contributed by atoms with Gasteiger partial charge < -0.3 is 5.73 Å². The molecule has 0 amide bonds. The molecule has 0 saturated carbocycles. The Morgan fingerprint density at radius 1 is 1.14 bits per heavy atom. The second kappa shape index (κ2) is 5.58. The zero-order valence-electron chi connectivity index (χ0n) is 12.0. The number of aromatic nitrogens is 1. The van der Waals surface area contributed by atoms with Crippen molar-refractivity contribution in [2.45, 2.75) is 13.3 Å². The van der Waals surface area contributed by atoms with Gasteiger partial charge in [0.15, 0.2) is 5.78 Å². The number of benzene rings is 1. The van der Waals surface area contributed by atoms with Crippen LogP contribution in [0.3, 0.4) is 0 Å². The Bertz CT molecular complexity index is 735. The fourth-order valence-corrected chi connectivity index (χ4v) is 2.56. The number of fused-ring (bicyclic) bond motifs is 1. The number of rotatable bonds is 3. The second-order valence-corrected chi connectivity index (χ2v) is 5.09. The van der Waals surface area contributed by atoms with Gasteiger partial charge >= 0.3 is 0 Å². The quantitative estimate of drug-likeness (QED) is 0.937. The molecule has 2 heterocycles. The molecule has 2 aromatic rings. The molecule has 0 fully saturated rings. The third kappa shape index (κ3) is 2.50. The number of aliphatic imine (C=N–C) groups is 1. The molecule has 0 saturated heterocycles. The van der Waals surface area contributed by atoms with Crippen LogP contribution in [0.5, 0.6) is 0 Å². The summed E-state index contributed by atoms with van der Waals surface area (Å²) in [5.41, 5.74) is 11.4. The highest BCUT2D eigenvalue weighted by Gasteiger charge is 2.20. The molecule has 21 heavy (non-hydrogen) atoms. The van der Waals surface area contributed by atoms with Crippen LogP contribution in [0.4, 0.5) is 0 Å². The van der Waals surface area contributed by atoms with Gasteiger partial charge in [-0.2, -0.15) is 0 Å². The lowest BCUT2D eigenvalue weighted by Gasteiger charge is -2.16. The van der Waals surface area contributed by atoms with E-state index in [0.717, 1.165) is 28.8 Å². The zero-order valence-corrected chi connectivity index (χ0v) is 12.0. The van der Waals surface area contributed by atoms with Crippen LogP contribution >= 0.6 is 0 Å². The molecular formula is C17H17N3O. The number of ketones is 1. The molecule has 1 aromatic carbocycles. The number of aryl methyl sites for hydroxylation is 1. The standard InChI is InChI=1S/C17H17N3O/c1-2-11-5-13(9-19-8-11)12-3-4-14-15(6-12)16(7-18)20-10-17(14)21/h3-6,8-9H,2,7,10,18H2,1H3. The van der Waals surface area contributed by atoms with Crippen molar-refractivity contribution in [3.8, 4) is 11.1 Å². The van der Waals surface area contributed by atoms with Gasteiger partial charge in [0.05, 0.1) is 5.71 Å². The van der Waals surface area contributed by atoms with Crippen molar-refractivity contribution in [3.63, 3.8) is 0 Å². The van der Waals surface area contributed by atoms with E-state index in [1.807, 2.05) is 30.6 Å². The maximum absolute atomic E-state index is 11.9. The lowest BCUT2D eigenvalue weighted by atomic mass is 9.92. The van der Waals surface area contributed by atoms with Crippen molar-refractivity contribution in [2.75, 3.05) is 13.1 Å². The first-order chi connectivity index (χ1) is 10.2. The van der Waals surface area contributed by atoms with Gasteiger partial charge in [-0.3, -0.25) is 14.8 Å². The van der Waals surface area contributed by atoms with Crippen LogP contribution in [0.2, 0.25) is 0 Å². The molecule has 3 rings (SSSR count). The van der Waals surface area contributed by atoms with Crippen LogP contribution < -0.4 is 5.73 Å². The summed E-state index contributed by atoms with van der Waals surface area (Å²) in [6.45, 7) is 2.65. The summed E-state index contributed by atoms with van der Waals surface area (Å²) in [5.74, 6) is 0.0502. The summed E-state index contributed by atoms with van der Waals surface area (Å²) in [4.78, 5) is 20.5. The number of pyridine rings is 1. The summed E-state index contributed by atoms with van der Waals surface area (Å²) in [6, 6.07) is 7.95. The predicted molar refractivity (Wildman–Crippen MR) is 83.8 cm³/mol. The van der Waals surface area contributed by atoms with Crippen molar-refractivity contribution in [1.29, 1.82) is 0 Å². The lowest BCUT2D eigenvalue weighted by molar-refractivity contribution is 0.1000. The molecule has 0 aliphatic carbocycles. The van der Waals surface area contributed by atoms with Gasteiger partial charge in [-0.25, -0.2) is 0 Å². The molecule has 1 aliphatic heterocycles. The molecule has 4 heteroatoms. The summed E-state index contributed by atoms with van der Waals surface area (Å²) >= 11 is 0. The highest BCUT2D eigenvalue weighted by Crippen LogP contribution is 2.25. The number of hydrogen-bond donors (Lipinski definition) is 1. The van der Waals surface area contributed by atoms with Crippen molar-refractivity contribution < 1.29 is 4.79 Å². The topological polar surface area (TPSA) is 68.3 Å². The van der Waals surface area contributed by atoms with Crippen LogP contribution in [-0.4, -0.2) is 29.6 Å². The number of nitrogens with two attached hydrogens (primary N) is 1. The minimum atomic E-state index is 0.0502. The fourth-order valence-electron chi connectivity index (χ4n) is 2.56. The molecule has 1 aromatic heterocycles. The molecule has 2 N–H and O–H groups in total.